The fourth-order valence-corrected chi connectivity index (χ4v) is 8.12. The lowest BCUT2D eigenvalue weighted by Crippen LogP contribution is -2.25. The van der Waals surface area contributed by atoms with Gasteiger partial charge in [0.2, 0.25) is 5.76 Å². The highest BCUT2D eigenvalue weighted by Crippen LogP contribution is 2.49. The van der Waals surface area contributed by atoms with Gasteiger partial charge < -0.3 is 20.3 Å². The molecule has 0 aromatic carbocycles. The Kier molecular flexibility index (Phi) is 8.45. The number of alkyl halides is 3. The van der Waals surface area contributed by atoms with Crippen LogP contribution in [-0.2, 0) is 19.1 Å². The number of carboxylic acids is 1. The number of fused-ring (bicyclic) bond motifs is 5. The van der Waals surface area contributed by atoms with Gasteiger partial charge in [0.1, 0.15) is 5.92 Å². The molecule has 1 aliphatic carbocycles. The van der Waals surface area contributed by atoms with Gasteiger partial charge in [-0.15, -0.1) is 0 Å². The van der Waals surface area contributed by atoms with Crippen molar-refractivity contribution in [2.75, 3.05) is 7.11 Å². The van der Waals surface area contributed by atoms with Crippen molar-refractivity contribution in [1.82, 2.24) is 5.32 Å². The molecule has 5 heterocycles. The Morgan fingerprint density at radius 2 is 1.65 bits per heavy atom. The molecule has 1 saturated heterocycles. The molecule has 1 unspecified atom stereocenters. The molecule has 0 amide bonds. The minimum Gasteiger partial charge on any atom is -0.504 e. The normalized spacial score (nSPS) is 26.0. The summed E-state index contributed by atoms with van der Waals surface area (Å²) in [6, 6.07) is 0. The second kappa shape index (κ2) is 12.1. The van der Waals surface area contributed by atoms with Crippen LogP contribution in [0.1, 0.15) is 53.9 Å². The topological polar surface area (TPSA) is 150 Å². The van der Waals surface area contributed by atoms with E-state index in [-0.39, 0.29) is 51.2 Å². The van der Waals surface area contributed by atoms with E-state index in [0.717, 1.165) is 5.57 Å². The lowest BCUT2D eigenvalue weighted by molar-refractivity contribution is -0.143. The van der Waals surface area contributed by atoms with Gasteiger partial charge in [0.15, 0.2) is 5.78 Å². The van der Waals surface area contributed by atoms with Crippen LogP contribution < -0.4 is 5.32 Å². The van der Waals surface area contributed by atoms with Crippen molar-refractivity contribution in [1.29, 1.82) is 0 Å². The number of aliphatic hydroxyl groups excluding tert-OH is 1. The minimum atomic E-state index is -5.08. The molecule has 5 aliphatic heterocycles. The van der Waals surface area contributed by atoms with Gasteiger partial charge in [-0.25, -0.2) is 15.0 Å². The molecule has 0 aromatic rings. The summed E-state index contributed by atoms with van der Waals surface area (Å²) in [7, 11) is 1.25. The average Bonchev–Trinajstić information content (AvgIpc) is 3.79. The molecule has 3 N–H and O–H groups in total. The Balaban J connectivity index is 1.72. The number of rotatable bonds is 5. The summed E-state index contributed by atoms with van der Waals surface area (Å²) in [5.41, 5.74) is 4.04. The van der Waals surface area contributed by atoms with E-state index in [9.17, 15) is 37.8 Å². The number of allylic oxidation sites excluding steroid dienone is 12. The SMILES string of the molecule is CCC1=C(C)C2=CC3=NC(=C(C)/C3=C(/O)C(F)(F)F)C(Br)=C3NC(=C4C5=NC(=CC1=N2)C(C)=C5C(=O)C4C(=O)O)[C@@H](CCC(=O)OC)[C@@H]3C. The number of hydrogen-bond donors (Lipinski definition) is 3. The Labute approximate surface area is 287 Å². The number of halogens is 4. The summed E-state index contributed by atoms with van der Waals surface area (Å²) in [5.74, 6) is -6.91. The highest BCUT2D eigenvalue weighted by Gasteiger charge is 2.52. The lowest BCUT2D eigenvalue weighted by Gasteiger charge is -2.18. The van der Waals surface area contributed by atoms with Gasteiger partial charge >= 0.3 is 18.1 Å². The Morgan fingerprint density at radius 3 is 2.27 bits per heavy atom. The van der Waals surface area contributed by atoms with Crippen LogP contribution in [0.2, 0.25) is 0 Å². The van der Waals surface area contributed by atoms with E-state index in [1.54, 1.807) is 19.9 Å². The molecule has 0 radical (unpaired) electrons. The summed E-state index contributed by atoms with van der Waals surface area (Å²) in [6.07, 6.45) is -1.30. The van der Waals surface area contributed by atoms with Gasteiger partial charge in [-0.3, -0.25) is 14.4 Å². The molecule has 49 heavy (non-hydrogen) atoms. The summed E-state index contributed by atoms with van der Waals surface area (Å²) in [5, 5.41) is 24.2. The summed E-state index contributed by atoms with van der Waals surface area (Å²) >= 11 is 3.57. The minimum absolute atomic E-state index is 0.0326. The molecule has 14 heteroatoms. The number of esters is 1. The molecule has 3 atom stereocenters. The van der Waals surface area contributed by atoms with Crippen molar-refractivity contribution in [3.8, 4) is 0 Å². The van der Waals surface area contributed by atoms with Crippen LogP contribution in [0, 0.1) is 17.8 Å². The molecule has 0 spiro atoms. The van der Waals surface area contributed by atoms with Crippen LogP contribution in [0.5, 0.6) is 0 Å². The predicted molar refractivity (Wildman–Crippen MR) is 179 cm³/mol. The lowest BCUT2D eigenvalue weighted by atomic mass is 9.85. The molecule has 2 fully saturated rings. The zero-order chi connectivity index (χ0) is 35.9. The largest absolute Gasteiger partial charge is 0.504 e. The predicted octanol–water partition coefficient (Wildman–Crippen LogP) is 6.78. The third kappa shape index (κ3) is 5.31. The van der Waals surface area contributed by atoms with E-state index in [4.69, 9.17) is 14.7 Å². The number of aliphatic hydroxyl groups is 1. The van der Waals surface area contributed by atoms with Gasteiger partial charge in [0.05, 0.1) is 51.4 Å². The van der Waals surface area contributed by atoms with E-state index >= 15 is 0 Å². The van der Waals surface area contributed by atoms with E-state index in [0.29, 0.717) is 46.1 Å². The van der Waals surface area contributed by atoms with E-state index in [1.165, 1.54) is 20.1 Å². The third-order valence-electron chi connectivity index (χ3n) is 9.86. The van der Waals surface area contributed by atoms with Crippen LogP contribution in [-0.4, -0.2) is 58.4 Å². The maximum absolute atomic E-state index is 14.1. The first kappa shape index (κ1) is 34.3. The highest BCUT2D eigenvalue weighted by molar-refractivity contribution is 9.12. The zero-order valence-electron chi connectivity index (χ0n) is 27.4. The number of hydrogen-bond acceptors (Lipinski definition) is 9. The number of carboxylic acid groups (broad SMARTS) is 1. The number of nitrogens with one attached hydrogen (secondary N) is 1. The van der Waals surface area contributed by atoms with Crippen LogP contribution >= 0.6 is 15.9 Å². The first-order valence-electron chi connectivity index (χ1n) is 15.6. The standard InChI is InChI=1S/C35H32BrF3N4O6/c1-7-16-12(2)18-11-21-23(33(46)35(37,38)39)15(5)29(42-21)27(36)28-13(3)17(8-9-22(44)49-6)30(43-28)25-26(34(47)48)32(45)24-14(4)19(41-31(24)25)10-20(16)40-18/h10-11,13,17,26,43,46H,7-9H2,1-6H3,(H,47,48)/b18-11?,19-10?,28-27?,30-25?,33-23-/t13-,17-,26?/m0/s1. The fourth-order valence-electron chi connectivity index (χ4n) is 7.28. The molecule has 0 aromatic heterocycles. The Bertz CT molecular complexity index is 2030. The molecular weight excluding hydrogens is 709 g/mol. The van der Waals surface area contributed by atoms with Crippen molar-refractivity contribution in [3.05, 3.63) is 89.9 Å². The number of aliphatic imine (C=N–C) groups is 3. The molecule has 256 valence electrons. The number of aliphatic carboxylic acids is 1. The Hall–Kier alpha value is -4.59. The first-order valence-corrected chi connectivity index (χ1v) is 16.4. The van der Waals surface area contributed by atoms with E-state index in [1.807, 2.05) is 13.8 Å². The molecule has 6 rings (SSSR count). The number of ether oxygens (including phenoxy) is 1. The van der Waals surface area contributed by atoms with Gasteiger partial charge in [-0.1, -0.05) is 13.8 Å². The summed E-state index contributed by atoms with van der Waals surface area (Å²) in [6.45, 7) is 8.62. The van der Waals surface area contributed by atoms with Crippen LogP contribution in [0.3, 0.4) is 0 Å². The highest BCUT2D eigenvalue weighted by atomic mass is 79.9. The van der Waals surface area contributed by atoms with Crippen molar-refractivity contribution in [2.24, 2.45) is 32.7 Å². The van der Waals surface area contributed by atoms with Crippen LogP contribution in [0.4, 0.5) is 13.2 Å². The second-order valence-corrected chi connectivity index (χ2v) is 13.3. The monoisotopic (exact) mass is 740 g/mol. The van der Waals surface area contributed by atoms with Crippen molar-refractivity contribution in [3.63, 3.8) is 0 Å². The van der Waals surface area contributed by atoms with Crippen molar-refractivity contribution < 1.29 is 42.5 Å². The second-order valence-electron chi connectivity index (χ2n) is 12.5. The molecule has 10 nitrogen and oxygen atoms in total. The third-order valence-corrected chi connectivity index (χ3v) is 10.7. The number of methoxy groups -OCH3 is 1. The van der Waals surface area contributed by atoms with Gasteiger partial charge in [0, 0.05) is 40.8 Å². The van der Waals surface area contributed by atoms with E-state index < -0.39 is 53.0 Å². The van der Waals surface area contributed by atoms with E-state index in [2.05, 4.69) is 26.2 Å². The fraction of sp³-hybridized carbons (Fsp3) is 0.371. The quantitative estimate of drug-likeness (QED) is 0.160. The summed E-state index contributed by atoms with van der Waals surface area (Å²) in [4.78, 5) is 53.1. The molecule has 1 saturated carbocycles. The average molecular weight is 742 g/mol. The van der Waals surface area contributed by atoms with Gasteiger partial charge in [0.25, 0.3) is 0 Å². The number of Topliss-reactive ketones (excluding diaryl/α,β-unsaturated/α-hetero) is 1. The number of carbonyl (C=O) groups is 3. The summed E-state index contributed by atoms with van der Waals surface area (Å²) < 4.78 is 47.3. The molecule has 8 bridgehead atoms. The number of carbonyl (C=O) groups excluding carboxylic acids is 2. The number of ketones is 1. The smallest absolute Gasteiger partial charge is 0.449 e. The van der Waals surface area contributed by atoms with Gasteiger partial charge in [-0.05, 0) is 84.0 Å². The maximum atomic E-state index is 14.1. The molecular formula is C35H32BrF3N4O6. The van der Waals surface area contributed by atoms with Crippen molar-refractivity contribution >= 4 is 50.8 Å². The van der Waals surface area contributed by atoms with Crippen LogP contribution in [0.15, 0.2) is 105 Å². The maximum Gasteiger partial charge on any atom is 0.449 e. The molecule has 6 aliphatic rings. The zero-order valence-corrected chi connectivity index (χ0v) is 29.0. The first-order chi connectivity index (χ1) is 23.0. The Morgan fingerprint density at radius 1 is 1.00 bits per heavy atom. The number of nitrogens with zero attached hydrogens (tertiary/aromatic N) is 3. The van der Waals surface area contributed by atoms with Gasteiger partial charge in [-0.2, -0.15) is 13.2 Å². The van der Waals surface area contributed by atoms with Crippen LogP contribution in [0.25, 0.3) is 0 Å². The van der Waals surface area contributed by atoms with Crippen molar-refractivity contribution in [2.45, 2.75) is 60.1 Å².